The van der Waals surface area contributed by atoms with Crippen LogP contribution in [0.1, 0.15) is 44.9 Å². The Balaban J connectivity index is 1.61. The van der Waals surface area contributed by atoms with E-state index in [1.807, 2.05) is 0 Å². The van der Waals surface area contributed by atoms with Crippen molar-refractivity contribution < 1.29 is 4.79 Å². The third-order valence-electron chi connectivity index (χ3n) is 4.54. The van der Waals surface area contributed by atoms with Crippen molar-refractivity contribution >= 4 is 5.91 Å². The monoisotopic (exact) mass is 263 g/mol. The number of carbonyl (C=O) groups is 1. The number of amides is 1. The first kappa shape index (κ1) is 14.3. The van der Waals surface area contributed by atoms with E-state index >= 15 is 0 Å². The summed E-state index contributed by atoms with van der Waals surface area (Å²) < 4.78 is 0. The Morgan fingerprint density at radius 2 is 2.05 bits per heavy atom. The standard InChI is InChI=1S/C15H25N3O/c1-18-9-8-13(11-18)4-7-15(19)17-14-5-2-12(10-16)3-6-14/h12-14H,2-9,11H2,1H3,(H,17,19). The molecular formula is C15H25N3O. The van der Waals surface area contributed by atoms with Gasteiger partial charge in [0.2, 0.25) is 5.91 Å². The second kappa shape index (κ2) is 6.91. The van der Waals surface area contributed by atoms with Crippen molar-refractivity contribution in [3.8, 4) is 6.07 Å². The summed E-state index contributed by atoms with van der Waals surface area (Å²) in [5.74, 6) is 1.11. The summed E-state index contributed by atoms with van der Waals surface area (Å²) in [5, 5.41) is 12.0. The lowest BCUT2D eigenvalue weighted by molar-refractivity contribution is -0.122. The first-order valence-corrected chi connectivity index (χ1v) is 7.55. The lowest BCUT2D eigenvalue weighted by Crippen LogP contribution is -2.37. The van der Waals surface area contributed by atoms with Gasteiger partial charge in [0.15, 0.2) is 0 Å². The minimum Gasteiger partial charge on any atom is -0.353 e. The van der Waals surface area contributed by atoms with Crippen LogP contribution in [0.4, 0.5) is 0 Å². The molecule has 1 atom stereocenters. The van der Waals surface area contributed by atoms with E-state index in [9.17, 15) is 4.79 Å². The van der Waals surface area contributed by atoms with Crippen molar-refractivity contribution in [1.29, 1.82) is 5.26 Å². The van der Waals surface area contributed by atoms with Crippen molar-refractivity contribution in [2.75, 3.05) is 20.1 Å². The molecule has 1 saturated heterocycles. The summed E-state index contributed by atoms with van der Waals surface area (Å²) in [5.41, 5.74) is 0. The average Bonchev–Trinajstić information content (AvgIpc) is 2.83. The molecule has 1 amide bonds. The van der Waals surface area contributed by atoms with E-state index in [4.69, 9.17) is 5.26 Å². The highest BCUT2D eigenvalue weighted by Gasteiger charge is 2.23. The third kappa shape index (κ3) is 4.50. The van der Waals surface area contributed by atoms with Crippen LogP contribution in [0.2, 0.25) is 0 Å². The van der Waals surface area contributed by atoms with Gasteiger partial charge in [-0.05, 0) is 58.0 Å². The van der Waals surface area contributed by atoms with E-state index < -0.39 is 0 Å². The molecule has 4 heteroatoms. The number of nitriles is 1. The number of hydrogen-bond acceptors (Lipinski definition) is 3. The molecule has 1 aliphatic heterocycles. The molecule has 0 bridgehead atoms. The van der Waals surface area contributed by atoms with Crippen LogP contribution in [0.15, 0.2) is 0 Å². The predicted molar refractivity (Wildman–Crippen MR) is 74.3 cm³/mol. The van der Waals surface area contributed by atoms with Crippen molar-refractivity contribution in [2.45, 2.75) is 51.0 Å². The number of nitrogens with zero attached hydrogens (tertiary/aromatic N) is 2. The van der Waals surface area contributed by atoms with Crippen LogP contribution in [0, 0.1) is 23.2 Å². The van der Waals surface area contributed by atoms with E-state index in [2.05, 4.69) is 23.3 Å². The van der Waals surface area contributed by atoms with Crippen LogP contribution < -0.4 is 5.32 Å². The van der Waals surface area contributed by atoms with Gasteiger partial charge in [0.1, 0.15) is 0 Å². The molecule has 0 aromatic heterocycles. The zero-order valence-electron chi connectivity index (χ0n) is 11.9. The molecule has 0 aromatic rings. The van der Waals surface area contributed by atoms with E-state index in [-0.39, 0.29) is 11.8 Å². The van der Waals surface area contributed by atoms with Gasteiger partial charge in [0.25, 0.3) is 0 Å². The molecule has 1 saturated carbocycles. The van der Waals surface area contributed by atoms with Gasteiger partial charge >= 0.3 is 0 Å². The summed E-state index contributed by atoms with van der Waals surface area (Å²) in [6.07, 6.45) is 6.73. The number of carbonyl (C=O) groups excluding carboxylic acids is 1. The molecule has 0 radical (unpaired) electrons. The molecule has 1 aliphatic carbocycles. The van der Waals surface area contributed by atoms with E-state index in [0.717, 1.165) is 38.6 Å². The summed E-state index contributed by atoms with van der Waals surface area (Å²) >= 11 is 0. The first-order chi connectivity index (χ1) is 9.17. The summed E-state index contributed by atoms with van der Waals surface area (Å²) in [4.78, 5) is 14.2. The molecule has 2 rings (SSSR count). The SMILES string of the molecule is CN1CCC(CCC(=O)NC2CCC(C#N)CC2)C1. The number of rotatable bonds is 4. The molecule has 1 heterocycles. The fourth-order valence-electron chi connectivity index (χ4n) is 3.26. The second-order valence-corrected chi connectivity index (χ2v) is 6.20. The Hall–Kier alpha value is -1.08. The Morgan fingerprint density at radius 1 is 1.32 bits per heavy atom. The molecule has 19 heavy (non-hydrogen) atoms. The summed E-state index contributed by atoms with van der Waals surface area (Å²) in [6, 6.07) is 2.64. The van der Waals surface area contributed by atoms with Crippen molar-refractivity contribution in [3.63, 3.8) is 0 Å². The quantitative estimate of drug-likeness (QED) is 0.843. The first-order valence-electron chi connectivity index (χ1n) is 7.55. The average molecular weight is 263 g/mol. The fourth-order valence-corrected chi connectivity index (χ4v) is 3.26. The van der Waals surface area contributed by atoms with Gasteiger partial charge in [-0.1, -0.05) is 0 Å². The fraction of sp³-hybridized carbons (Fsp3) is 0.867. The van der Waals surface area contributed by atoms with Crippen molar-refractivity contribution in [2.24, 2.45) is 11.8 Å². The molecular weight excluding hydrogens is 238 g/mol. The number of nitrogens with one attached hydrogen (secondary N) is 1. The predicted octanol–water partition coefficient (Wildman–Crippen LogP) is 1.92. The van der Waals surface area contributed by atoms with E-state index in [1.165, 1.54) is 13.0 Å². The van der Waals surface area contributed by atoms with Crippen LogP contribution in [0.5, 0.6) is 0 Å². The minimum atomic E-state index is 0.204. The number of hydrogen-bond donors (Lipinski definition) is 1. The second-order valence-electron chi connectivity index (χ2n) is 6.20. The van der Waals surface area contributed by atoms with Gasteiger partial charge in [0, 0.05) is 24.9 Å². The van der Waals surface area contributed by atoms with Crippen LogP contribution in [0.25, 0.3) is 0 Å². The molecule has 1 N–H and O–H groups in total. The van der Waals surface area contributed by atoms with Gasteiger partial charge in [-0.25, -0.2) is 0 Å². The zero-order chi connectivity index (χ0) is 13.7. The molecule has 0 aromatic carbocycles. The maximum absolute atomic E-state index is 11.9. The van der Waals surface area contributed by atoms with E-state index in [0.29, 0.717) is 18.4 Å². The Kier molecular flexibility index (Phi) is 5.21. The minimum absolute atomic E-state index is 0.204. The lowest BCUT2D eigenvalue weighted by Gasteiger charge is -2.25. The highest BCUT2D eigenvalue weighted by atomic mass is 16.1. The molecule has 0 spiro atoms. The highest BCUT2D eigenvalue weighted by molar-refractivity contribution is 5.76. The molecule has 1 unspecified atom stereocenters. The maximum atomic E-state index is 11.9. The Morgan fingerprint density at radius 3 is 2.63 bits per heavy atom. The molecule has 2 aliphatic rings. The molecule has 106 valence electrons. The van der Waals surface area contributed by atoms with Crippen LogP contribution in [0.3, 0.4) is 0 Å². The smallest absolute Gasteiger partial charge is 0.220 e. The van der Waals surface area contributed by atoms with Crippen LogP contribution >= 0.6 is 0 Å². The Bertz CT molecular complexity index is 342. The van der Waals surface area contributed by atoms with Gasteiger partial charge < -0.3 is 10.2 Å². The van der Waals surface area contributed by atoms with Crippen LogP contribution in [-0.4, -0.2) is 37.0 Å². The third-order valence-corrected chi connectivity index (χ3v) is 4.54. The largest absolute Gasteiger partial charge is 0.353 e. The van der Waals surface area contributed by atoms with Gasteiger partial charge in [-0.3, -0.25) is 4.79 Å². The molecule has 2 fully saturated rings. The van der Waals surface area contributed by atoms with Gasteiger partial charge in [-0.2, -0.15) is 5.26 Å². The van der Waals surface area contributed by atoms with Crippen molar-refractivity contribution in [1.82, 2.24) is 10.2 Å². The van der Waals surface area contributed by atoms with Gasteiger partial charge in [0.05, 0.1) is 6.07 Å². The van der Waals surface area contributed by atoms with Crippen molar-refractivity contribution in [3.05, 3.63) is 0 Å². The van der Waals surface area contributed by atoms with Gasteiger partial charge in [-0.15, -0.1) is 0 Å². The van der Waals surface area contributed by atoms with E-state index in [1.54, 1.807) is 0 Å². The summed E-state index contributed by atoms with van der Waals surface area (Å²) in [6.45, 7) is 2.31. The normalized spacial score (nSPS) is 31.9. The number of likely N-dealkylation sites (tertiary alicyclic amines) is 1. The maximum Gasteiger partial charge on any atom is 0.220 e. The Labute approximate surface area is 116 Å². The summed E-state index contributed by atoms with van der Waals surface area (Å²) in [7, 11) is 2.15. The zero-order valence-corrected chi connectivity index (χ0v) is 11.9. The topological polar surface area (TPSA) is 56.1 Å². The molecule has 4 nitrogen and oxygen atoms in total. The van der Waals surface area contributed by atoms with Crippen LogP contribution in [-0.2, 0) is 4.79 Å². The highest BCUT2D eigenvalue weighted by Crippen LogP contribution is 2.24. The lowest BCUT2D eigenvalue weighted by atomic mass is 9.87.